The van der Waals surface area contributed by atoms with Crippen LogP contribution in [0.25, 0.3) is 0 Å². The number of nitrogens with one attached hydrogen (secondary N) is 1. The van der Waals surface area contributed by atoms with Gasteiger partial charge >= 0.3 is 5.97 Å². The van der Waals surface area contributed by atoms with Gasteiger partial charge in [-0.1, -0.05) is 13.3 Å². The molecule has 0 saturated carbocycles. The number of nitrogens with two attached hydrogens (primary N) is 1. The van der Waals surface area contributed by atoms with Gasteiger partial charge in [-0.3, -0.25) is 14.7 Å². The van der Waals surface area contributed by atoms with Crippen molar-refractivity contribution in [1.82, 2.24) is 10.2 Å². The molecule has 1 atom stereocenters. The Morgan fingerprint density at radius 1 is 1.41 bits per heavy atom. The molecule has 1 aliphatic heterocycles. The van der Waals surface area contributed by atoms with Crippen LogP contribution in [-0.4, -0.2) is 56.2 Å². The van der Waals surface area contributed by atoms with Crippen molar-refractivity contribution in [3.05, 3.63) is 0 Å². The Morgan fingerprint density at radius 2 is 2.18 bits per heavy atom. The SMILES string of the molecule is CCN1CCCC1CN=C(N)NCCCCCC(=O)OC.I. The number of nitrogens with zero attached hydrogens (tertiary/aromatic N) is 2. The lowest BCUT2D eigenvalue weighted by Crippen LogP contribution is -2.36. The van der Waals surface area contributed by atoms with Gasteiger partial charge in [-0.15, -0.1) is 24.0 Å². The molecule has 0 amide bonds. The predicted molar refractivity (Wildman–Crippen MR) is 101 cm³/mol. The number of likely N-dealkylation sites (tertiary alicyclic amines) is 1. The van der Waals surface area contributed by atoms with Gasteiger partial charge in [-0.05, 0) is 38.8 Å². The van der Waals surface area contributed by atoms with Crippen molar-refractivity contribution in [2.24, 2.45) is 10.7 Å². The maximum absolute atomic E-state index is 10.9. The Bertz CT molecular complexity index is 340. The molecule has 0 radical (unpaired) electrons. The Morgan fingerprint density at radius 3 is 2.86 bits per heavy atom. The van der Waals surface area contributed by atoms with Crippen LogP contribution in [0.15, 0.2) is 4.99 Å². The van der Waals surface area contributed by atoms with E-state index in [0.29, 0.717) is 18.4 Å². The van der Waals surface area contributed by atoms with Crippen molar-refractivity contribution in [2.75, 3.05) is 33.3 Å². The molecule has 130 valence electrons. The third kappa shape index (κ3) is 8.77. The molecule has 22 heavy (non-hydrogen) atoms. The second kappa shape index (κ2) is 12.9. The number of esters is 1. The van der Waals surface area contributed by atoms with Crippen LogP contribution in [0.1, 0.15) is 45.4 Å². The van der Waals surface area contributed by atoms with Gasteiger partial charge < -0.3 is 15.8 Å². The summed E-state index contributed by atoms with van der Waals surface area (Å²) in [7, 11) is 1.42. The molecular formula is C15H31IN4O2. The summed E-state index contributed by atoms with van der Waals surface area (Å²) < 4.78 is 4.60. The van der Waals surface area contributed by atoms with E-state index >= 15 is 0 Å². The quantitative estimate of drug-likeness (QED) is 0.193. The van der Waals surface area contributed by atoms with E-state index in [9.17, 15) is 4.79 Å². The fraction of sp³-hybridized carbons (Fsp3) is 0.867. The van der Waals surface area contributed by atoms with Crippen LogP contribution in [0.3, 0.4) is 0 Å². The topological polar surface area (TPSA) is 80.0 Å². The summed E-state index contributed by atoms with van der Waals surface area (Å²) in [6, 6.07) is 0.551. The highest BCUT2D eigenvalue weighted by Gasteiger charge is 2.22. The van der Waals surface area contributed by atoms with Crippen molar-refractivity contribution >= 4 is 35.9 Å². The molecule has 7 heteroatoms. The number of hydrogen-bond acceptors (Lipinski definition) is 4. The number of halogens is 1. The number of likely N-dealkylation sites (N-methyl/N-ethyl adjacent to an activating group) is 1. The first-order valence-corrected chi connectivity index (χ1v) is 8.02. The van der Waals surface area contributed by atoms with E-state index in [1.165, 1.54) is 26.5 Å². The number of unbranched alkanes of at least 4 members (excludes halogenated alkanes) is 2. The summed E-state index contributed by atoms with van der Waals surface area (Å²) in [4.78, 5) is 17.8. The number of carbonyl (C=O) groups is 1. The van der Waals surface area contributed by atoms with Crippen molar-refractivity contribution in [3.8, 4) is 0 Å². The smallest absolute Gasteiger partial charge is 0.305 e. The summed E-state index contributed by atoms with van der Waals surface area (Å²) in [5.74, 6) is 0.395. The third-order valence-electron chi connectivity index (χ3n) is 3.97. The molecule has 0 bridgehead atoms. The number of rotatable bonds is 9. The zero-order valence-electron chi connectivity index (χ0n) is 13.8. The van der Waals surface area contributed by atoms with Gasteiger partial charge in [-0.25, -0.2) is 0 Å². The number of methoxy groups -OCH3 is 1. The number of ether oxygens (including phenoxy) is 1. The monoisotopic (exact) mass is 426 g/mol. The standard InChI is InChI=1S/C15H30N4O2.HI/c1-3-19-11-7-8-13(19)12-18-15(16)17-10-6-4-5-9-14(20)21-2;/h13H,3-12H2,1-2H3,(H3,16,17,18);1H. The Balaban J connectivity index is 0.00000441. The van der Waals surface area contributed by atoms with Crippen molar-refractivity contribution < 1.29 is 9.53 Å². The average Bonchev–Trinajstić information content (AvgIpc) is 2.95. The maximum atomic E-state index is 10.9. The van der Waals surface area contributed by atoms with Gasteiger partial charge in [0.1, 0.15) is 0 Å². The van der Waals surface area contributed by atoms with E-state index in [-0.39, 0.29) is 29.9 Å². The fourth-order valence-corrected chi connectivity index (χ4v) is 2.67. The molecule has 1 aliphatic rings. The normalized spacial score (nSPS) is 18.8. The van der Waals surface area contributed by atoms with E-state index < -0.39 is 0 Å². The summed E-state index contributed by atoms with van der Waals surface area (Å²) in [6.45, 7) is 6.06. The highest BCUT2D eigenvalue weighted by Crippen LogP contribution is 2.16. The molecule has 3 N–H and O–H groups in total. The van der Waals surface area contributed by atoms with Gasteiger partial charge in [0.05, 0.1) is 13.7 Å². The Hall–Kier alpha value is -0.570. The highest BCUT2D eigenvalue weighted by atomic mass is 127. The molecular weight excluding hydrogens is 395 g/mol. The minimum absolute atomic E-state index is 0. The summed E-state index contributed by atoms with van der Waals surface area (Å²) >= 11 is 0. The molecule has 1 fully saturated rings. The first kappa shape index (κ1) is 21.4. The van der Waals surface area contributed by atoms with Crippen LogP contribution in [0.2, 0.25) is 0 Å². The van der Waals surface area contributed by atoms with Gasteiger partial charge in [0, 0.05) is 19.0 Å². The van der Waals surface area contributed by atoms with Crippen LogP contribution in [-0.2, 0) is 9.53 Å². The van der Waals surface area contributed by atoms with Crippen LogP contribution >= 0.6 is 24.0 Å². The molecule has 6 nitrogen and oxygen atoms in total. The van der Waals surface area contributed by atoms with E-state index in [2.05, 4.69) is 26.9 Å². The second-order valence-corrected chi connectivity index (χ2v) is 5.46. The van der Waals surface area contributed by atoms with E-state index in [4.69, 9.17) is 5.73 Å². The van der Waals surface area contributed by atoms with E-state index in [1.807, 2.05) is 0 Å². The molecule has 0 aliphatic carbocycles. The molecule has 1 saturated heterocycles. The second-order valence-electron chi connectivity index (χ2n) is 5.46. The summed E-state index contributed by atoms with van der Waals surface area (Å²) in [5, 5.41) is 3.13. The fourth-order valence-electron chi connectivity index (χ4n) is 2.67. The lowest BCUT2D eigenvalue weighted by molar-refractivity contribution is -0.140. The summed E-state index contributed by atoms with van der Waals surface area (Å²) in [5.41, 5.74) is 5.87. The van der Waals surface area contributed by atoms with Gasteiger partial charge in [0.2, 0.25) is 0 Å². The van der Waals surface area contributed by atoms with Gasteiger partial charge in [0.15, 0.2) is 5.96 Å². The molecule has 0 spiro atoms. The van der Waals surface area contributed by atoms with Crippen molar-refractivity contribution in [1.29, 1.82) is 0 Å². The number of aliphatic imine (C=N–C) groups is 1. The number of carbonyl (C=O) groups excluding carboxylic acids is 1. The molecule has 0 aromatic rings. The third-order valence-corrected chi connectivity index (χ3v) is 3.97. The zero-order valence-corrected chi connectivity index (χ0v) is 16.2. The van der Waals surface area contributed by atoms with Crippen LogP contribution in [0, 0.1) is 0 Å². The minimum Gasteiger partial charge on any atom is -0.469 e. The lowest BCUT2D eigenvalue weighted by atomic mass is 10.2. The molecule has 1 unspecified atom stereocenters. The molecule has 0 aromatic carbocycles. The predicted octanol–water partition coefficient (Wildman–Crippen LogP) is 1.73. The minimum atomic E-state index is -0.138. The molecule has 0 aromatic heterocycles. The van der Waals surface area contributed by atoms with E-state index in [0.717, 1.165) is 38.9 Å². The zero-order chi connectivity index (χ0) is 15.5. The lowest BCUT2D eigenvalue weighted by Gasteiger charge is -2.20. The largest absolute Gasteiger partial charge is 0.469 e. The molecule has 1 heterocycles. The van der Waals surface area contributed by atoms with Crippen LogP contribution < -0.4 is 11.1 Å². The molecule has 1 rings (SSSR count). The summed E-state index contributed by atoms with van der Waals surface area (Å²) in [6.07, 6.45) is 5.81. The first-order valence-electron chi connectivity index (χ1n) is 8.02. The van der Waals surface area contributed by atoms with Crippen molar-refractivity contribution in [3.63, 3.8) is 0 Å². The maximum Gasteiger partial charge on any atom is 0.305 e. The van der Waals surface area contributed by atoms with Crippen LogP contribution in [0.5, 0.6) is 0 Å². The first-order chi connectivity index (χ1) is 10.2. The number of hydrogen-bond donors (Lipinski definition) is 2. The number of guanidine groups is 1. The Labute approximate surface area is 151 Å². The average molecular weight is 426 g/mol. The van der Waals surface area contributed by atoms with Gasteiger partial charge in [0.25, 0.3) is 0 Å². The van der Waals surface area contributed by atoms with E-state index in [1.54, 1.807) is 0 Å². The highest BCUT2D eigenvalue weighted by molar-refractivity contribution is 14.0. The van der Waals surface area contributed by atoms with Crippen molar-refractivity contribution in [2.45, 2.75) is 51.5 Å². The Kier molecular flexibility index (Phi) is 12.6. The van der Waals surface area contributed by atoms with Gasteiger partial charge in [-0.2, -0.15) is 0 Å². The van der Waals surface area contributed by atoms with Crippen LogP contribution in [0.4, 0.5) is 0 Å².